The molecule has 156 valence electrons. The number of carboxylic acids is 1. The van der Waals surface area contributed by atoms with Crippen LogP contribution in [0, 0.1) is 0 Å². The molecule has 2 rings (SSSR count). The molecular formula is C22H29N3O4. The molecule has 7 heteroatoms. The first-order chi connectivity index (χ1) is 13.8. The molecule has 0 aliphatic rings. The molecule has 0 aliphatic carbocycles. The molecule has 29 heavy (non-hydrogen) atoms. The number of aromatic nitrogens is 1. The van der Waals surface area contributed by atoms with Crippen molar-refractivity contribution in [3.05, 3.63) is 47.3 Å². The summed E-state index contributed by atoms with van der Waals surface area (Å²) in [6.45, 7) is 8.90. The van der Waals surface area contributed by atoms with E-state index in [0.29, 0.717) is 36.2 Å². The number of benzene rings is 1. The summed E-state index contributed by atoms with van der Waals surface area (Å²) in [6, 6.07) is 8.99. The van der Waals surface area contributed by atoms with Crippen LogP contribution in [-0.2, 0) is 4.79 Å². The SMILES string of the molecule is CCN(CC)C(CC(N)=O)n1c(C=O)c(-c2ccccc2)c(C(=O)O)c1C(C)C. The van der Waals surface area contributed by atoms with Crippen LogP contribution >= 0.6 is 0 Å². The molecule has 1 amide bonds. The van der Waals surface area contributed by atoms with Gasteiger partial charge in [-0.05, 0) is 24.6 Å². The normalized spacial score (nSPS) is 12.3. The van der Waals surface area contributed by atoms with Crippen LogP contribution in [-0.4, -0.2) is 45.8 Å². The molecule has 1 atom stereocenters. The lowest BCUT2D eigenvalue weighted by atomic mass is 9.97. The van der Waals surface area contributed by atoms with Gasteiger partial charge in [-0.25, -0.2) is 4.79 Å². The number of aromatic carboxylic acids is 1. The zero-order valence-electron chi connectivity index (χ0n) is 17.4. The lowest BCUT2D eigenvalue weighted by Crippen LogP contribution is -2.37. The first-order valence-corrected chi connectivity index (χ1v) is 9.82. The summed E-state index contributed by atoms with van der Waals surface area (Å²) < 4.78 is 1.71. The molecule has 7 nitrogen and oxygen atoms in total. The van der Waals surface area contributed by atoms with Crippen molar-refractivity contribution in [2.24, 2.45) is 5.73 Å². The van der Waals surface area contributed by atoms with E-state index in [1.807, 2.05) is 38.7 Å². The van der Waals surface area contributed by atoms with Crippen LogP contribution in [0.4, 0.5) is 0 Å². The summed E-state index contributed by atoms with van der Waals surface area (Å²) in [4.78, 5) is 38.5. The molecule has 1 aromatic carbocycles. The van der Waals surface area contributed by atoms with Crippen molar-refractivity contribution < 1.29 is 19.5 Å². The van der Waals surface area contributed by atoms with Gasteiger partial charge >= 0.3 is 5.97 Å². The van der Waals surface area contributed by atoms with E-state index in [-0.39, 0.29) is 23.6 Å². The number of nitrogens with two attached hydrogens (primary N) is 1. The maximum Gasteiger partial charge on any atom is 0.338 e. The molecule has 0 fully saturated rings. The average Bonchev–Trinajstić information content (AvgIpc) is 3.04. The van der Waals surface area contributed by atoms with Gasteiger partial charge in [-0.1, -0.05) is 58.0 Å². The van der Waals surface area contributed by atoms with E-state index >= 15 is 0 Å². The van der Waals surface area contributed by atoms with Crippen molar-refractivity contribution in [3.63, 3.8) is 0 Å². The van der Waals surface area contributed by atoms with Crippen molar-refractivity contribution >= 4 is 18.2 Å². The van der Waals surface area contributed by atoms with Crippen LogP contribution in [0.3, 0.4) is 0 Å². The first-order valence-electron chi connectivity index (χ1n) is 9.82. The Morgan fingerprint density at radius 1 is 1.17 bits per heavy atom. The van der Waals surface area contributed by atoms with E-state index in [9.17, 15) is 19.5 Å². The Morgan fingerprint density at radius 3 is 2.17 bits per heavy atom. The van der Waals surface area contributed by atoms with Gasteiger partial charge in [0, 0.05) is 11.3 Å². The molecule has 2 aromatic rings. The summed E-state index contributed by atoms with van der Waals surface area (Å²) in [7, 11) is 0. The second-order valence-corrected chi connectivity index (χ2v) is 7.21. The maximum atomic E-state index is 12.3. The predicted molar refractivity (Wildman–Crippen MR) is 112 cm³/mol. The highest BCUT2D eigenvalue weighted by Gasteiger charge is 2.34. The molecule has 0 aliphatic heterocycles. The number of carbonyl (C=O) groups excluding carboxylic acids is 2. The number of hydrogen-bond donors (Lipinski definition) is 2. The number of hydrogen-bond acceptors (Lipinski definition) is 4. The van der Waals surface area contributed by atoms with Gasteiger partial charge in [-0.15, -0.1) is 0 Å². The molecule has 0 radical (unpaired) electrons. The van der Waals surface area contributed by atoms with Crippen LogP contribution in [0.5, 0.6) is 0 Å². The number of carbonyl (C=O) groups is 3. The average molecular weight is 399 g/mol. The monoisotopic (exact) mass is 399 g/mol. The topological polar surface area (TPSA) is 106 Å². The van der Waals surface area contributed by atoms with Crippen LogP contribution in [0.2, 0.25) is 0 Å². The Bertz CT molecular complexity index is 883. The Hall–Kier alpha value is -2.93. The third kappa shape index (κ3) is 4.40. The van der Waals surface area contributed by atoms with E-state index < -0.39 is 18.0 Å². The molecule has 3 N–H and O–H groups in total. The quantitative estimate of drug-likeness (QED) is 0.595. The molecule has 0 bridgehead atoms. The summed E-state index contributed by atoms with van der Waals surface area (Å²) in [5, 5.41) is 10.1. The minimum atomic E-state index is -1.10. The van der Waals surface area contributed by atoms with Gasteiger partial charge in [0.25, 0.3) is 0 Å². The van der Waals surface area contributed by atoms with Crippen molar-refractivity contribution in [2.45, 2.75) is 46.2 Å². The van der Waals surface area contributed by atoms with Crippen LogP contribution in [0.25, 0.3) is 11.1 Å². The van der Waals surface area contributed by atoms with Crippen LogP contribution < -0.4 is 5.73 Å². The fraction of sp³-hybridized carbons (Fsp3) is 0.409. The molecule has 1 heterocycles. The standard InChI is InChI=1S/C22H29N3O4/c1-5-24(6-2)18(12-17(23)27)25-16(13-26)19(15-10-8-7-9-11-15)20(22(28)29)21(25)14(3)4/h7-11,13-14,18H,5-6,12H2,1-4H3,(H2,23,27)(H,28,29). The fourth-order valence-corrected chi connectivity index (χ4v) is 3.95. The Labute approximate surface area is 171 Å². The van der Waals surface area contributed by atoms with E-state index in [1.54, 1.807) is 28.8 Å². The maximum absolute atomic E-state index is 12.3. The zero-order valence-corrected chi connectivity index (χ0v) is 17.4. The molecule has 0 saturated carbocycles. The Balaban J connectivity index is 2.98. The van der Waals surface area contributed by atoms with Gasteiger partial charge in [-0.2, -0.15) is 0 Å². The number of aldehydes is 1. The summed E-state index contributed by atoms with van der Waals surface area (Å²) in [6.07, 6.45) is 0.109. The van der Waals surface area contributed by atoms with E-state index in [2.05, 4.69) is 0 Å². The largest absolute Gasteiger partial charge is 0.478 e. The lowest BCUT2D eigenvalue weighted by Gasteiger charge is -2.33. The number of rotatable bonds is 10. The van der Waals surface area contributed by atoms with Gasteiger partial charge in [0.15, 0.2) is 6.29 Å². The van der Waals surface area contributed by atoms with Gasteiger partial charge in [0.05, 0.1) is 23.8 Å². The van der Waals surface area contributed by atoms with Gasteiger partial charge < -0.3 is 15.4 Å². The highest BCUT2D eigenvalue weighted by molar-refractivity contribution is 6.03. The van der Waals surface area contributed by atoms with Crippen molar-refractivity contribution in [3.8, 4) is 11.1 Å². The summed E-state index contributed by atoms with van der Waals surface area (Å²) >= 11 is 0. The third-order valence-electron chi connectivity index (χ3n) is 5.13. The van der Waals surface area contributed by atoms with Crippen LogP contribution in [0.1, 0.15) is 72.7 Å². The van der Waals surface area contributed by atoms with Gasteiger partial charge in [0.1, 0.15) is 0 Å². The van der Waals surface area contributed by atoms with Crippen molar-refractivity contribution in [1.29, 1.82) is 0 Å². The highest BCUT2D eigenvalue weighted by atomic mass is 16.4. The minimum Gasteiger partial charge on any atom is -0.478 e. The van der Waals surface area contributed by atoms with Gasteiger partial charge in [-0.3, -0.25) is 14.5 Å². The number of carboxylic acid groups (broad SMARTS) is 1. The Morgan fingerprint density at radius 2 is 1.76 bits per heavy atom. The first kappa shape index (κ1) is 22.4. The summed E-state index contributed by atoms with van der Waals surface area (Å²) in [5.74, 6) is -1.81. The molecule has 1 aromatic heterocycles. The highest BCUT2D eigenvalue weighted by Crippen LogP contribution is 2.39. The minimum absolute atomic E-state index is 0.0236. The molecule has 0 spiro atoms. The van der Waals surface area contributed by atoms with Crippen molar-refractivity contribution in [1.82, 2.24) is 9.47 Å². The van der Waals surface area contributed by atoms with E-state index in [1.165, 1.54) is 0 Å². The van der Waals surface area contributed by atoms with Gasteiger partial charge in [0.2, 0.25) is 5.91 Å². The number of nitrogens with zero attached hydrogens (tertiary/aromatic N) is 2. The Kier molecular flexibility index (Phi) is 7.34. The second kappa shape index (κ2) is 9.52. The van der Waals surface area contributed by atoms with E-state index in [4.69, 9.17) is 5.73 Å². The second-order valence-electron chi connectivity index (χ2n) is 7.21. The molecular weight excluding hydrogens is 370 g/mol. The zero-order chi connectivity index (χ0) is 21.7. The number of primary amides is 1. The fourth-order valence-electron chi connectivity index (χ4n) is 3.95. The third-order valence-corrected chi connectivity index (χ3v) is 5.13. The predicted octanol–water partition coefficient (Wildman–Crippen LogP) is 3.51. The summed E-state index contributed by atoms with van der Waals surface area (Å²) in [5.41, 5.74) is 7.39. The van der Waals surface area contributed by atoms with Crippen molar-refractivity contribution in [2.75, 3.05) is 13.1 Å². The molecule has 0 saturated heterocycles. The number of amides is 1. The smallest absolute Gasteiger partial charge is 0.338 e. The van der Waals surface area contributed by atoms with E-state index in [0.717, 1.165) is 0 Å². The molecule has 1 unspecified atom stereocenters. The van der Waals surface area contributed by atoms with Crippen LogP contribution in [0.15, 0.2) is 30.3 Å². The lowest BCUT2D eigenvalue weighted by molar-refractivity contribution is -0.120.